The van der Waals surface area contributed by atoms with E-state index in [2.05, 4.69) is 10.8 Å². The van der Waals surface area contributed by atoms with Gasteiger partial charge in [-0.25, -0.2) is 13.1 Å². The fraction of sp³-hybridized carbons (Fsp3) is 0.550. The van der Waals surface area contributed by atoms with Crippen LogP contribution in [0.5, 0.6) is 0 Å². The van der Waals surface area contributed by atoms with Gasteiger partial charge in [-0.05, 0) is 87.0 Å². The van der Waals surface area contributed by atoms with E-state index in [1.165, 1.54) is 12.1 Å². The van der Waals surface area contributed by atoms with Gasteiger partial charge in [0, 0.05) is 17.0 Å². The van der Waals surface area contributed by atoms with Crippen molar-refractivity contribution in [2.75, 3.05) is 0 Å². The maximum absolute atomic E-state index is 12.8. The van der Waals surface area contributed by atoms with Crippen molar-refractivity contribution < 1.29 is 47.9 Å². The molecule has 1 N–H and O–H groups in total. The Hall–Kier alpha value is -0.370. The molecule has 0 heterocycles. The number of benzene rings is 1. The topological polar surface area (TPSA) is 86.3 Å². The number of carbonyl (C=O) groups is 1. The maximum Gasteiger partial charge on any atom is 1.00 e. The second kappa shape index (κ2) is 10.6. The van der Waals surface area contributed by atoms with E-state index in [0.717, 1.165) is 25.7 Å². The van der Waals surface area contributed by atoms with E-state index in [-0.39, 0.29) is 46.9 Å². The molecule has 0 aliphatic heterocycles. The molecule has 0 amide bonds. The van der Waals surface area contributed by atoms with Gasteiger partial charge in [0.1, 0.15) is 0 Å². The second-order valence-electron chi connectivity index (χ2n) is 7.57. The van der Waals surface area contributed by atoms with E-state index in [1.54, 1.807) is 12.1 Å². The van der Waals surface area contributed by atoms with Crippen LogP contribution in [-0.2, 0) is 14.8 Å². The third-order valence-corrected chi connectivity index (χ3v) is 7.56. The molecule has 3 rings (SSSR count). The Morgan fingerprint density at radius 3 is 2.54 bits per heavy atom. The molecule has 2 aliphatic rings. The summed E-state index contributed by atoms with van der Waals surface area (Å²) in [7, 11) is -3.57. The molecule has 1 aromatic carbocycles. The molecule has 2 saturated carbocycles. The monoisotopic (exact) mass is 433 g/mol. The summed E-state index contributed by atoms with van der Waals surface area (Å²) in [5.74, 6) is 0.228. The molecule has 0 radical (unpaired) electrons. The zero-order valence-electron chi connectivity index (χ0n) is 16.1. The van der Waals surface area contributed by atoms with Crippen LogP contribution in [-0.4, -0.2) is 20.4 Å². The minimum atomic E-state index is -3.57. The fourth-order valence-electron chi connectivity index (χ4n) is 4.53. The van der Waals surface area contributed by atoms with Crippen LogP contribution in [0.3, 0.4) is 0 Å². The van der Waals surface area contributed by atoms with Crippen LogP contribution in [0, 0.1) is 17.8 Å². The molecule has 2 fully saturated rings. The van der Waals surface area contributed by atoms with E-state index >= 15 is 0 Å². The molecule has 8 heteroatoms. The van der Waals surface area contributed by atoms with E-state index in [9.17, 15) is 18.3 Å². The van der Waals surface area contributed by atoms with Crippen LogP contribution >= 0.6 is 11.6 Å². The molecule has 2 aliphatic carbocycles. The predicted octanol–water partition coefficient (Wildman–Crippen LogP) is -0.0965. The molecule has 1 aromatic rings. The summed E-state index contributed by atoms with van der Waals surface area (Å²) >= 11 is 5.86. The van der Waals surface area contributed by atoms with Crippen molar-refractivity contribution in [3.05, 3.63) is 41.4 Å². The summed E-state index contributed by atoms with van der Waals surface area (Å²) in [6.07, 6.45) is 9.55. The minimum Gasteiger partial charge on any atom is -0.550 e. The number of carboxylic acid groups (broad SMARTS) is 1. The average molecular weight is 434 g/mol. The van der Waals surface area contributed by atoms with Crippen LogP contribution in [0.1, 0.15) is 44.9 Å². The molecule has 2 bridgehead atoms. The zero-order valence-corrected chi connectivity index (χ0v) is 19.7. The summed E-state index contributed by atoms with van der Waals surface area (Å²) in [6.45, 7) is 0. The average Bonchev–Trinajstić information content (AvgIpc) is 3.20. The van der Waals surface area contributed by atoms with Crippen molar-refractivity contribution in [2.45, 2.75) is 55.9 Å². The first-order valence-electron chi connectivity index (χ1n) is 9.49. The van der Waals surface area contributed by atoms with Gasteiger partial charge in [0.05, 0.1) is 4.90 Å². The molecule has 28 heavy (non-hydrogen) atoms. The molecular formula is C20H25ClNNaO4S. The van der Waals surface area contributed by atoms with Gasteiger partial charge in [-0.3, -0.25) is 0 Å². The minimum absolute atomic E-state index is 0. The van der Waals surface area contributed by atoms with Crippen molar-refractivity contribution in [1.82, 2.24) is 4.72 Å². The van der Waals surface area contributed by atoms with Gasteiger partial charge in [0.25, 0.3) is 0 Å². The Kier molecular flexibility index (Phi) is 9.05. The number of aliphatic carboxylic acids is 1. The molecule has 148 valence electrons. The Morgan fingerprint density at radius 2 is 1.86 bits per heavy atom. The van der Waals surface area contributed by atoms with E-state index < -0.39 is 16.0 Å². The van der Waals surface area contributed by atoms with Gasteiger partial charge in [-0.1, -0.05) is 23.8 Å². The van der Waals surface area contributed by atoms with Crippen LogP contribution < -0.4 is 39.4 Å². The number of allylic oxidation sites excluding steroid dienone is 2. The summed E-state index contributed by atoms with van der Waals surface area (Å²) < 4.78 is 28.5. The number of halogens is 1. The maximum atomic E-state index is 12.8. The summed E-state index contributed by atoms with van der Waals surface area (Å²) in [6, 6.07) is 6.19. The van der Waals surface area contributed by atoms with Gasteiger partial charge in [-0.15, -0.1) is 0 Å². The van der Waals surface area contributed by atoms with E-state index in [0.29, 0.717) is 35.6 Å². The number of carboxylic acids is 1. The van der Waals surface area contributed by atoms with Gasteiger partial charge < -0.3 is 9.90 Å². The first kappa shape index (κ1) is 23.9. The number of fused-ring (bicyclic) bond motifs is 2. The van der Waals surface area contributed by atoms with Crippen molar-refractivity contribution >= 4 is 27.6 Å². The molecular weight excluding hydrogens is 409 g/mol. The first-order valence-corrected chi connectivity index (χ1v) is 11.4. The number of hydrogen-bond acceptors (Lipinski definition) is 4. The second-order valence-corrected chi connectivity index (χ2v) is 9.72. The smallest absolute Gasteiger partial charge is 0.550 e. The van der Waals surface area contributed by atoms with Crippen molar-refractivity contribution in [3.63, 3.8) is 0 Å². The number of hydrogen-bond donors (Lipinski definition) is 1. The van der Waals surface area contributed by atoms with Gasteiger partial charge in [-0.2, -0.15) is 0 Å². The Bertz CT molecular complexity index is 797. The van der Waals surface area contributed by atoms with Gasteiger partial charge >= 0.3 is 29.6 Å². The van der Waals surface area contributed by atoms with E-state index in [1.807, 2.05) is 6.08 Å². The Morgan fingerprint density at radius 1 is 1.18 bits per heavy atom. The quantitative estimate of drug-likeness (QED) is 0.335. The number of unbranched alkanes of at least 4 members (excludes halogenated alkanes) is 1. The predicted molar refractivity (Wildman–Crippen MR) is 102 cm³/mol. The third kappa shape index (κ3) is 6.07. The zero-order chi connectivity index (χ0) is 19.4. The van der Waals surface area contributed by atoms with Crippen molar-refractivity contribution in [3.8, 4) is 0 Å². The van der Waals surface area contributed by atoms with Gasteiger partial charge in [0.2, 0.25) is 10.0 Å². The van der Waals surface area contributed by atoms with Crippen LogP contribution in [0.4, 0.5) is 0 Å². The van der Waals surface area contributed by atoms with Crippen molar-refractivity contribution in [1.29, 1.82) is 0 Å². The Balaban J connectivity index is 0.00000280. The Labute approximate surface area is 194 Å². The molecule has 0 aromatic heterocycles. The summed E-state index contributed by atoms with van der Waals surface area (Å²) in [5.41, 5.74) is 0. The van der Waals surface area contributed by atoms with Crippen molar-refractivity contribution in [2.24, 2.45) is 17.8 Å². The number of sulfonamides is 1. The number of nitrogens with one attached hydrogen (secondary N) is 1. The van der Waals surface area contributed by atoms with Crippen LogP contribution in [0.15, 0.2) is 41.3 Å². The third-order valence-electron chi connectivity index (χ3n) is 5.83. The van der Waals surface area contributed by atoms with Crippen LogP contribution in [0.25, 0.3) is 0 Å². The summed E-state index contributed by atoms with van der Waals surface area (Å²) in [5, 5.41) is 10.9. The van der Waals surface area contributed by atoms with Crippen LogP contribution in [0.2, 0.25) is 5.02 Å². The first-order chi connectivity index (χ1) is 12.9. The number of rotatable bonds is 9. The molecule has 5 nitrogen and oxygen atoms in total. The normalized spacial score (nSPS) is 26.5. The molecule has 0 spiro atoms. The van der Waals surface area contributed by atoms with Gasteiger partial charge in [0.15, 0.2) is 0 Å². The molecule has 1 unspecified atom stereocenters. The fourth-order valence-corrected chi connectivity index (χ4v) is 6.01. The largest absolute Gasteiger partial charge is 1.00 e. The standard InChI is InChI=1S/C20H26ClNO4S.Na/c21-16-9-11-17(12-10-16)27(25,26)22-20-15-8-7-14(13-15)18(20)5-3-1-2-4-6-19(23)24;/h1,3,9-12,14-15,18,20,22H,2,4-8,13H2,(H,23,24);/q;+1/p-1/b3-1-;/t14-,15?,18+,20+;/m1./s1. The summed E-state index contributed by atoms with van der Waals surface area (Å²) in [4.78, 5) is 10.7. The SMILES string of the molecule is O=C([O-])CCC/C=C\C[C@H]1[C@@H]2CCC(C2)[C@@H]1NS(=O)(=O)c1ccc(Cl)cc1.[Na+]. The number of carbonyl (C=O) groups excluding carboxylic acids is 1. The van der Waals surface area contributed by atoms with E-state index in [4.69, 9.17) is 11.6 Å². The molecule has 4 atom stereocenters. The molecule has 0 saturated heterocycles.